The predicted molar refractivity (Wildman–Crippen MR) is 127 cm³/mol. The number of benzene rings is 2. The van der Waals surface area contributed by atoms with E-state index in [0.717, 1.165) is 11.1 Å². The summed E-state index contributed by atoms with van der Waals surface area (Å²) in [5, 5.41) is 8.64. The maximum atomic E-state index is 13.2. The molecule has 1 amide bonds. The van der Waals surface area contributed by atoms with Crippen LogP contribution in [-0.4, -0.2) is 65.1 Å². The Morgan fingerprint density at radius 2 is 1.71 bits per heavy atom. The molecule has 3 heterocycles. The molecule has 1 aliphatic rings. The van der Waals surface area contributed by atoms with Gasteiger partial charge in [-0.3, -0.25) is 9.48 Å². The van der Waals surface area contributed by atoms with Crippen molar-refractivity contribution in [2.45, 2.75) is 5.92 Å². The summed E-state index contributed by atoms with van der Waals surface area (Å²) in [5.41, 5.74) is 2.61. The molecule has 1 aliphatic heterocycles. The van der Waals surface area contributed by atoms with E-state index in [1.54, 1.807) is 44.0 Å². The summed E-state index contributed by atoms with van der Waals surface area (Å²) >= 11 is 0. The SMILES string of the molecule is COc1ccc(OC)c(-c2cc(C(=O)N3CC(c4nc(-c5ccccc5OC)no4)C3)n(C)n2)c1. The zero-order valence-electron chi connectivity index (χ0n) is 19.9. The summed E-state index contributed by atoms with van der Waals surface area (Å²) in [6.45, 7) is 0.963. The number of para-hydroxylation sites is 1. The van der Waals surface area contributed by atoms with Gasteiger partial charge in [0.05, 0.1) is 38.5 Å². The number of ether oxygens (including phenoxy) is 3. The second-order valence-electron chi connectivity index (χ2n) is 8.17. The molecule has 0 atom stereocenters. The van der Waals surface area contributed by atoms with Crippen LogP contribution in [0.2, 0.25) is 0 Å². The van der Waals surface area contributed by atoms with Gasteiger partial charge in [-0.15, -0.1) is 0 Å². The standard InChI is InChI=1S/C25H25N5O5/c1-29-20(12-19(27-29)18-11-16(32-2)9-10-22(18)34-4)25(31)30-13-15(14-30)24-26-23(28-35-24)17-7-5-6-8-21(17)33-3/h5-12,15H,13-14H2,1-4H3. The molecule has 5 rings (SSSR count). The summed E-state index contributed by atoms with van der Waals surface area (Å²) < 4.78 is 23.3. The van der Waals surface area contributed by atoms with Gasteiger partial charge in [0.2, 0.25) is 11.7 Å². The van der Waals surface area contributed by atoms with E-state index >= 15 is 0 Å². The highest BCUT2D eigenvalue weighted by atomic mass is 16.5. The summed E-state index contributed by atoms with van der Waals surface area (Å²) in [6.07, 6.45) is 0. The van der Waals surface area contributed by atoms with E-state index in [9.17, 15) is 4.79 Å². The third-order valence-corrected chi connectivity index (χ3v) is 6.09. The molecule has 0 unspecified atom stereocenters. The van der Waals surface area contributed by atoms with E-state index in [2.05, 4.69) is 15.2 Å². The highest BCUT2D eigenvalue weighted by molar-refractivity contribution is 5.94. The molecule has 10 nitrogen and oxygen atoms in total. The minimum Gasteiger partial charge on any atom is -0.497 e. The van der Waals surface area contributed by atoms with Crippen molar-refractivity contribution in [3.8, 4) is 39.9 Å². The largest absolute Gasteiger partial charge is 0.497 e. The number of carbonyl (C=O) groups excluding carboxylic acids is 1. The number of hydrogen-bond donors (Lipinski definition) is 0. The van der Waals surface area contributed by atoms with Crippen LogP contribution < -0.4 is 14.2 Å². The van der Waals surface area contributed by atoms with E-state index in [-0.39, 0.29) is 11.8 Å². The quantitative estimate of drug-likeness (QED) is 0.401. The third-order valence-electron chi connectivity index (χ3n) is 6.09. The van der Waals surface area contributed by atoms with Crippen molar-refractivity contribution in [1.82, 2.24) is 24.8 Å². The van der Waals surface area contributed by atoms with E-state index in [4.69, 9.17) is 18.7 Å². The van der Waals surface area contributed by atoms with Crippen LogP contribution in [0.15, 0.2) is 53.1 Å². The Bertz CT molecular complexity index is 1370. The number of aromatic nitrogens is 4. The summed E-state index contributed by atoms with van der Waals surface area (Å²) in [5.74, 6) is 2.82. The van der Waals surface area contributed by atoms with Crippen LogP contribution in [-0.2, 0) is 7.05 Å². The van der Waals surface area contributed by atoms with E-state index in [0.29, 0.717) is 53.4 Å². The van der Waals surface area contributed by atoms with Gasteiger partial charge in [-0.1, -0.05) is 17.3 Å². The smallest absolute Gasteiger partial charge is 0.272 e. The highest BCUT2D eigenvalue weighted by Gasteiger charge is 2.37. The van der Waals surface area contributed by atoms with Gasteiger partial charge in [0, 0.05) is 25.7 Å². The lowest BCUT2D eigenvalue weighted by molar-refractivity contribution is 0.0558. The fourth-order valence-corrected chi connectivity index (χ4v) is 4.12. The minimum absolute atomic E-state index is 0.0268. The van der Waals surface area contributed by atoms with Gasteiger partial charge in [0.1, 0.15) is 22.9 Å². The van der Waals surface area contributed by atoms with Crippen LogP contribution in [0.3, 0.4) is 0 Å². The molecule has 0 aliphatic carbocycles. The summed E-state index contributed by atoms with van der Waals surface area (Å²) in [7, 11) is 6.54. The molecule has 0 saturated carbocycles. The van der Waals surface area contributed by atoms with Gasteiger partial charge in [0.25, 0.3) is 5.91 Å². The average Bonchev–Trinajstić information content (AvgIpc) is 3.49. The zero-order chi connectivity index (χ0) is 24.5. The molecule has 35 heavy (non-hydrogen) atoms. The lowest BCUT2D eigenvalue weighted by Crippen LogP contribution is -2.49. The van der Waals surface area contributed by atoms with E-state index in [1.807, 2.05) is 42.5 Å². The Kier molecular flexibility index (Phi) is 5.86. The van der Waals surface area contributed by atoms with Crippen molar-refractivity contribution >= 4 is 5.91 Å². The molecule has 1 fully saturated rings. The molecule has 180 valence electrons. The first-order chi connectivity index (χ1) is 17.0. The Morgan fingerprint density at radius 1 is 0.971 bits per heavy atom. The van der Waals surface area contributed by atoms with Gasteiger partial charge in [-0.2, -0.15) is 10.1 Å². The molecule has 0 bridgehead atoms. The molecule has 2 aromatic carbocycles. The number of rotatable bonds is 7. The predicted octanol–water partition coefficient (Wildman–Crippen LogP) is 3.40. The van der Waals surface area contributed by atoms with Gasteiger partial charge in [-0.25, -0.2) is 0 Å². The summed E-state index contributed by atoms with van der Waals surface area (Å²) in [6, 6.07) is 14.7. The van der Waals surface area contributed by atoms with Crippen molar-refractivity contribution in [2.75, 3.05) is 34.4 Å². The van der Waals surface area contributed by atoms with Gasteiger partial charge in [0.15, 0.2) is 0 Å². The van der Waals surface area contributed by atoms with E-state index in [1.165, 1.54) is 0 Å². The number of carbonyl (C=O) groups is 1. The molecule has 10 heteroatoms. The number of methoxy groups -OCH3 is 3. The molecular formula is C25H25N5O5. The average molecular weight is 476 g/mol. The van der Waals surface area contributed by atoms with Crippen molar-refractivity contribution < 1.29 is 23.5 Å². The lowest BCUT2D eigenvalue weighted by atomic mass is 9.99. The van der Waals surface area contributed by atoms with E-state index < -0.39 is 0 Å². The molecule has 1 saturated heterocycles. The third kappa shape index (κ3) is 4.07. The Labute approximate surface area is 202 Å². The van der Waals surface area contributed by atoms with Crippen LogP contribution in [0.25, 0.3) is 22.6 Å². The minimum atomic E-state index is -0.117. The second kappa shape index (κ2) is 9.13. The summed E-state index contributed by atoms with van der Waals surface area (Å²) in [4.78, 5) is 19.5. The molecule has 0 radical (unpaired) electrons. The van der Waals surface area contributed by atoms with Crippen molar-refractivity contribution in [3.63, 3.8) is 0 Å². The number of hydrogen-bond acceptors (Lipinski definition) is 8. The molecule has 0 N–H and O–H groups in total. The Hall–Kier alpha value is -4.34. The van der Waals surface area contributed by atoms with Crippen LogP contribution >= 0.6 is 0 Å². The Morgan fingerprint density at radius 3 is 2.46 bits per heavy atom. The van der Waals surface area contributed by atoms with Crippen LogP contribution in [0.5, 0.6) is 17.2 Å². The highest BCUT2D eigenvalue weighted by Crippen LogP contribution is 2.35. The maximum Gasteiger partial charge on any atom is 0.272 e. The first-order valence-corrected chi connectivity index (χ1v) is 11.0. The Balaban J connectivity index is 1.30. The van der Waals surface area contributed by atoms with Crippen LogP contribution in [0, 0.1) is 0 Å². The van der Waals surface area contributed by atoms with Crippen molar-refractivity contribution in [2.24, 2.45) is 7.05 Å². The topological polar surface area (TPSA) is 105 Å². The van der Waals surface area contributed by atoms with Gasteiger partial charge < -0.3 is 23.6 Å². The lowest BCUT2D eigenvalue weighted by Gasteiger charge is -2.36. The van der Waals surface area contributed by atoms with Gasteiger partial charge >= 0.3 is 0 Å². The molecule has 2 aromatic heterocycles. The first kappa shape index (κ1) is 22.5. The number of likely N-dealkylation sites (tertiary alicyclic amines) is 1. The van der Waals surface area contributed by atoms with Crippen LogP contribution in [0.1, 0.15) is 22.3 Å². The maximum absolute atomic E-state index is 13.2. The second-order valence-corrected chi connectivity index (χ2v) is 8.17. The number of nitrogens with zero attached hydrogens (tertiary/aromatic N) is 5. The normalized spacial score (nSPS) is 13.4. The molecular weight excluding hydrogens is 450 g/mol. The zero-order valence-corrected chi connectivity index (χ0v) is 19.9. The van der Waals surface area contributed by atoms with Crippen molar-refractivity contribution in [1.29, 1.82) is 0 Å². The van der Waals surface area contributed by atoms with Crippen molar-refractivity contribution in [3.05, 3.63) is 60.1 Å². The molecule has 4 aromatic rings. The number of amides is 1. The van der Waals surface area contributed by atoms with Gasteiger partial charge in [-0.05, 0) is 36.4 Å². The monoisotopic (exact) mass is 475 g/mol. The fraction of sp³-hybridized carbons (Fsp3) is 0.280. The number of aryl methyl sites for hydroxylation is 1. The first-order valence-electron chi connectivity index (χ1n) is 11.0. The fourth-order valence-electron chi connectivity index (χ4n) is 4.12. The molecule has 0 spiro atoms. The van der Waals surface area contributed by atoms with Crippen LogP contribution in [0.4, 0.5) is 0 Å².